The number of amides is 1. The molecule has 2 aliphatic rings. The van der Waals surface area contributed by atoms with Gasteiger partial charge in [0.15, 0.2) is 11.5 Å². The van der Waals surface area contributed by atoms with Crippen molar-refractivity contribution in [3.63, 3.8) is 0 Å². The van der Waals surface area contributed by atoms with Crippen molar-refractivity contribution >= 4 is 16.8 Å². The maximum absolute atomic E-state index is 13.5. The van der Waals surface area contributed by atoms with Crippen LogP contribution in [0.4, 0.5) is 0 Å². The van der Waals surface area contributed by atoms with Crippen LogP contribution in [-0.4, -0.2) is 36.6 Å². The zero-order valence-electron chi connectivity index (χ0n) is 17.0. The summed E-state index contributed by atoms with van der Waals surface area (Å²) in [6.07, 6.45) is 5.45. The Balaban J connectivity index is 1.49. The second-order valence-corrected chi connectivity index (χ2v) is 7.97. The highest BCUT2D eigenvalue weighted by Crippen LogP contribution is 2.35. The maximum atomic E-state index is 13.5. The number of rotatable bonds is 3. The summed E-state index contributed by atoms with van der Waals surface area (Å²) < 4.78 is 10.9. The summed E-state index contributed by atoms with van der Waals surface area (Å²) in [5, 5.41) is 1.22. The van der Waals surface area contributed by atoms with Crippen molar-refractivity contribution in [2.45, 2.75) is 38.6 Å². The average molecular weight is 390 g/mol. The second-order valence-electron chi connectivity index (χ2n) is 7.97. The van der Waals surface area contributed by atoms with E-state index in [1.807, 2.05) is 29.2 Å². The molecule has 5 rings (SSSR count). The summed E-state index contributed by atoms with van der Waals surface area (Å²) in [7, 11) is 3.29. The zero-order chi connectivity index (χ0) is 20.0. The lowest BCUT2D eigenvalue weighted by Crippen LogP contribution is -2.36. The number of methoxy groups -OCH3 is 2. The van der Waals surface area contributed by atoms with Crippen LogP contribution in [-0.2, 0) is 25.8 Å². The Labute approximate surface area is 170 Å². The van der Waals surface area contributed by atoms with Gasteiger partial charge in [0.1, 0.15) is 0 Å². The molecule has 3 aromatic rings. The highest BCUT2D eigenvalue weighted by molar-refractivity contribution is 6.06. The van der Waals surface area contributed by atoms with Gasteiger partial charge in [-0.3, -0.25) is 4.79 Å². The lowest BCUT2D eigenvalue weighted by Gasteiger charge is -2.30. The van der Waals surface area contributed by atoms with Gasteiger partial charge in [-0.1, -0.05) is 12.1 Å². The van der Waals surface area contributed by atoms with E-state index < -0.39 is 0 Å². The molecule has 0 saturated heterocycles. The van der Waals surface area contributed by atoms with Gasteiger partial charge in [-0.15, -0.1) is 0 Å². The topological polar surface area (TPSA) is 54.6 Å². The molecule has 1 N–H and O–H groups in total. The number of carbonyl (C=O) groups excluding carboxylic acids is 1. The Morgan fingerprint density at radius 2 is 1.76 bits per heavy atom. The third-order valence-corrected chi connectivity index (χ3v) is 6.37. The SMILES string of the molecule is COc1cc2c(cc1OC)CN(C(=O)c1cccc3c4c([nH]c13)CCCC4)CC2. The van der Waals surface area contributed by atoms with Gasteiger partial charge in [-0.05, 0) is 67.0 Å². The average Bonchev–Trinajstić information content (AvgIpc) is 3.16. The van der Waals surface area contributed by atoms with E-state index in [-0.39, 0.29) is 5.91 Å². The van der Waals surface area contributed by atoms with Crippen LogP contribution in [0.15, 0.2) is 30.3 Å². The van der Waals surface area contributed by atoms with Gasteiger partial charge < -0.3 is 19.4 Å². The molecular formula is C24H26N2O3. The first-order chi connectivity index (χ1) is 14.2. The quantitative estimate of drug-likeness (QED) is 0.727. The molecule has 0 fully saturated rings. The van der Waals surface area contributed by atoms with E-state index in [9.17, 15) is 4.79 Å². The molecule has 0 atom stereocenters. The summed E-state index contributed by atoms with van der Waals surface area (Å²) in [4.78, 5) is 19.0. The van der Waals surface area contributed by atoms with Crippen LogP contribution in [0.2, 0.25) is 0 Å². The first-order valence-corrected chi connectivity index (χ1v) is 10.3. The van der Waals surface area contributed by atoms with Gasteiger partial charge >= 0.3 is 0 Å². The molecule has 2 heterocycles. The van der Waals surface area contributed by atoms with E-state index in [1.165, 1.54) is 35.0 Å². The van der Waals surface area contributed by atoms with Crippen molar-refractivity contribution in [3.8, 4) is 11.5 Å². The number of para-hydroxylation sites is 1. The number of ether oxygens (including phenoxy) is 2. The van der Waals surface area contributed by atoms with Crippen molar-refractivity contribution in [2.75, 3.05) is 20.8 Å². The van der Waals surface area contributed by atoms with Crippen molar-refractivity contribution in [1.82, 2.24) is 9.88 Å². The number of aryl methyl sites for hydroxylation is 2. The minimum absolute atomic E-state index is 0.0923. The molecule has 0 spiro atoms. The number of aromatic nitrogens is 1. The van der Waals surface area contributed by atoms with Gasteiger partial charge in [0.05, 0.1) is 25.3 Å². The Bertz CT molecular complexity index is 1100. The van der Waals surface area contributed by atoms with Gasteiger partial charge in [0.25, 0.3) is 5.91 Å². The molecule has 1 aliphatic carbocycles. The number of hydrogen-bond donors (Lipinski definition) is 1. The Kier molecular flexibility index (Phi) is 4.46. The Morgan fingerprint density at radius 1 is 1.00 bits per heavy atom. The third-order valence-electron chi connectivity index (χ3n) is 6.37. The summed E-state index contributed by atoms with van der Waals surface area (Å²) >= 11 is 0. The number of hydrogen-bond acceptors (Lipinski definition) is 3. The summed E-state index contributed by atoms with van der Waals surface area (Å²) in [6.45, 7) is 1.30. The summed E-state index contributed by atoms with van der Waals surface area (Å²) in [6, 6.07) is 10.2. The van der Waals surface area contributed by atoms with Gasteiger partial charge in [0, 0.05) is 24.2 Å². The smallest absolute Gasteiger partial charge is 0.256 e. The van der Waals surface area contributed by atoms with E-state index in [4.69, 9.17) is 9.47 Å². The lowest BCUT2D eigenvalue weighted by molar-refractivity contribution is 0.0736. The molecule has 2 aromatic carbocycles. The van der Waals surface area contributed by atoms with Crippen molar-refractivity contribution < 1.29 is 14.3 Å². The van der Waals surface area contributed by atoms with E-state index in [0.717, 1.165) is 41.7 Å². The number of benzene rings is 2. The molecule has 0 bridgehead atoms. The van der Waals surface area contributed by atoms with E-state index >= 15 is 0 Å². The van der Waals surface area contributed by atoms with Crippen LogP contribution in [0, 0.1) is 0 Å². The normalized spacial score (nSPS) is 15.7. The molecule has 1 aromatic heterocycles. The fraction of sp³-hybridized carbons (Fsp3) is 0.375. The van der Waals surface area contributed by atoms with Crippen molar-refractivity contribution in [3.05, 3.63) is 58.3 Å². The van der Waals surface area contributed by atoms with Gasteiger partial charge in [-0.25, -0.2) is 0 Å². The number of H-pyrrole nitrogens is 1. The predicted octanol–water partition coefficient (Wildman–Crippen LogP) is 4.26. The Hall–Kier alpha value is -2.95. The molecule has 0 saturated carbocycles. The second kappa shape index (κ2) is 7.14. The first kappa shape index (κ1) is 18.1. The molecule has 1 aliphatic heterocycles. The van der Waals surface area contributed by atoms with Crippen LogP contribution < -0.4 is 9.47 Å². The highest BCUT2D eigenvalue weighted by Gasteiger charge is 2.26. The molecule has 0 unspecified atom stereocenters. The van der Waals surface area contributed by atoms with Crippen molar-refractivity contribution in [1.29, 1.82) is 0 Å². The summed E-state index contributed by atoms with van der Waals surface area (Å²) in [5.74, 6) is 1.54. The maximum Gasteiger partial charge on any atom is 0.256 e. The molecule has 5 nitrogen and oxygen atoms in total. The monoisotopic (exact) mass is 390 g/mol. The van der Waals surface area contributed by atoms with Crippen molar-refractivity contribution in [2.24, 2.45) is 0 Å². The minimum atomic E-state index is 0.0923. The van der Waals surface area contributed by atoms with Crippen LogP contribution >= 0.6 is 0 Å². The van der Waals surface area contributed by atoms with Crippen LogP contribution in [0.3, 0.4) is 0 Å². The largest absolute Gasteiger partial charge is 0.493 e. The number of nitrogens with one attached hydrogen (secondary N) is 1. The molecule has 1 amide bonds. The number of aromatic amines is 1. The molecule has 150 valence electrons. The lowest BCUT2D eigenvalue weighted by atomic mass is 9.95. The zero-order valence-corrected chi connectivity index (χ0v) is 17.0. The van der Waals surface area contributed by atoms with E-state index in [1.54, 1.807) is 14.2 Å². The van der Waals surface area contributed by atoms with Gasteiger partial charge in [-0.2, -0.15) is 0 Å². The van der Waals surface area contributed by atoms with Gasteiger partial charge in [0.2, 0.25) is 0 Å². The number of carbonyl (C=O) groups is 1. The number of fused-ring (bicyclic) bond motifs is 4. The molecule has 29 heavy (non-hydrogen) atoms. The van der Waals surface area contributed by atoms with E-state index in [2.05, 4.69) is 11.1 Å². The predicted molar refractivity (Wildman–Crippen MR) is 113 cm³/mol. The minimum Gasteiger partial charge on any atom is -0.493 e. The van der Waals surface area contributed by atoms with E-state index in [0.29, 0.717) is 18.8 Å². The first-order valence-electron chi connectivity index (χ1n) is 10.3. The molecule has 0 radical (unpaired) electrons. The molecule has 5 heteroatoms. The fourth-order valence-corrected chi connectivity index (χ4v) is 4.83. The third kappa shape index (κ3) is 2.96. The van der Waals surface area contributed by atoms with Crippen LogP contribution in [0.5, 0.6) is 11.5 Å². The van der Waals surface area contributed by atoms with Crippen LogP contribution in [0.25, 0.3) is 10.9 Å². The summed E-state index contributed by atoms with van der Waals surface area (Å²) in [5.41, 5.74) is 6.85. The fourth-order valence-electron chi connectivity index (χ4n) is 4.83. The van der Waals surface area contributed by atoms with Crippen LogP contribution in [0.1, 0.15) is 45.6 Å². The highest BCUT2D eigenvalue weighted by atomic mass is 16.5. The Morgan fingerprint density at radius 3 is 2.55 bits per heavy atom. The number of nitrogens with zero attached hydrogens (tertiary/aromatic N) is 1. The standard InChI is InChI=1S/C24H26N2O3/c1-28-21-12-15-10-11-26(14-16(15)13-22(21)29-2)24(27)19-8-5-7-18-17-6-3-4-9-20(17)25-23(18)19/h5,7-8,12-13,25H,3-4,6,9-11,14H2,1-2H3. The molecular weight excluding hydrogens is 364 g/mol.